The zero-order valence-corrected chi connectivity index (χ0v) is 14.3. The van der Waals surface area contributed by atoms with Gasteiger partial charge >= 0.3 is 6.03 Å². The van der Waals surface area contributed by atoms with E-state index in [4.69, 9.17) is 0 Å². The number of sulfone groups is 1. The first kappa shape index (κ1) is 17.9. The largest absolute Gasteiger partial charge is 0.338 e. The standard InChI is InChI=1S/C17H21N3O3S/c1-14-7-5-8-15(20-14)13-19-17(21)18-11-6-12-24(22,23)16-9-3-2-4-10-16/h2-5,7-10H,6,11-13H2,1H3,(H2,18,19,21). The maximum atomic E-state index is 12.1. The molecule has 0 saturated carbocycles. The van der Waals surface area contributed by atoms with Gasteiger partial charge in [0.2, 0.25) is 0 Å². The van der Waals surface area contributed by atoms with Gasteiger partial charge in [-0.1, -0.05) is 24.3 Å². The van der Waals surface area contributed by atoms with Crippen LogP contribution in [-0.4, -0.2) is 31.7 Å². The Kier molecular flexibility index (Phi) is 6.31. The molecule has 128 valence electrons. The summed E-state index contributed by atoms with van der Waals surface area (Å²) in [6.07, 6.45) is 0.355. The minimum Gasteiger partial charge on any atom is -0.338 e. The second-order valence-corrected chi connectivity index (χ2v) is 7.47. The van der Waals surface area contributed by atoms with Gasteiger partial charge in [0.25, 0.3) is 0 Å². The van der Waals surface area contributed by atoms with E-state index < -0.39 is 9.84 Å². The summed E-state index contributed by atoms with van der Waals surface area (Å²) in [5, 5.41) is 5.34. The van der Waals surface area contributed by atoms with E-state index in [1.807, 2.05) is 25.1 Å². The molecular formula is C17H21N3O3S. The molecular weight excluding hydrogens is 326 g/mol. The molecule has 1 heterocycles. The lowest BCUT2D eigenvalue weighted by Crippen LogP contribution is -2.36. The van der Waals surface area contributed by atoms with E-state index in [1.165, 1.54) is 0 Å². The zero-order valence-electron chi connectivity index (χ0n) is 13.5. The van der Waals surface area contributed by atoms with Crippen molar-refractivity contribution in [1.29, 1.82) is 0 Å². The predicted molar refractivity (Wildman–Crippen MR) is 92.3 cm³/mol. The lowest BCUT2D eigenvalue weighted by molar-refractivity contribution is 0.240. The number of nitrogens with zero attached hydrogens (tertiary/aromatic N) is 1. The van der Waals surface area contributed by atoms with Crippen LogP contribution < -0.4 is 10.6 Å². The molecule has 0 unspecified atom stereocenters. The van der Waals surface area contributed by atoms with Crippen LogP contribution in [0.1, 0.15) is 17.8 Å². The Labute approximate surface area is 142 Å². The summed E-state index contributed by atoms with van der Waals surface area (Å²) >= 11 is 0. The average molecular weight is 347 g/mol. The number of carbonyl (C=O) groups excluding carboxylic acids is 1. The van der Waals surface area contributed by atoms with Gasteiger partial charge < -0.3 is 10.6 Å². The van der Waals surface area contributed by atoms with Crippen molar-refractivity contribution in [1.82, 2.24) is 15.6 Å². The monoisotopic (exact) mass is 347 g/mol. The van der Waals surface area contributed by atoms with Gasteiger partial charge in [-0.15, -0.1) is 0 Å². The molecule has 2 amide bonds. The van der Waals surface area contributed by atoms with Crippen LogP contribution >= 0.6 is 0 Å². The molecule has 1 aromatic heterocycles. The van der Waals surface area contributed by atoms with Crippen molar-refractivity contribution in [2.45, 2.75) is 24.8 Å². The first-order valence-electron chi connectivity index (χ1n) is 7.69. The van der Waals surface area contributed by atoms with Crippen LogP contribution in [0.5, 0.6) is 0 Å². The topological polar surface area (TPSA) is 88.2 Å². The normalized spacial score (nSPS) is 11.0. The van der Waals surface area contributed by atoms with E-state index in [1.54, 1.807) is 30.3 Å². The number of aromatic nitrogens is 1. The predicted octanol–water partition coefficient (Wildman–Crippen LogP) is 2.05. The third-order valence-electron chi connectivity index (χ3n) is 3.35. The number of aryl methyl sites for hydroxylation is 1. The van der Waals surface area contributed by atoms with Gasteiger partial charge in [0.05, 0.1) is 22.9 Å². The molecule has 0 radical (unpaired) electrons. The number of hydrogen-bond acceptors (Lipinski definition) is 4. The molecule has 7 heteroatoms. The van der Waals surface area contributed by atoms with Gasteiger partial charge in [0.1, 0.15) is 0 Å². The van der Waals surface area contributed by atoms with Crippen molar-refractivity contribution in [3.05, 3.63) is 59.9 Å². The Hall–Kier alpha value is -2.41. The number of hydrogen-bond donors (Lipinski definition) is 2. The second-order valence-electron chi connectivity index (χ2n) is 5.37. The van der Waals surface area contributed by atoms with Crippen LogP contribution in [-0.2, 0) is 16.4 Å². The van der Waals surface area contributed by atoms with Crippen LogP contribution in [0, 0.1) is 6.92 Å². The molecule has 2 rings (SSSR count). The third kappa shape index (κ3) is 5.66. The number of rotatable bonds is 7. The van der Waals surface area contributed by atoms with Crippen LogP contribution in [0.2, 0.25) is 0 Å². The highest BCUT2D eigenvalue weighted by atomic mass is 32.2. The highest BCUT2D eigenvalue weighted by Gasteiger charge is 2.13. The maximum Gasteiger partial charge on any atom is 0.315 e. The van der Waals surface area contributed by atoms with Crippen LogP contribution in [0.4, 0.5) is 4.79 Å². The fraction of sp³-hybridized carbons (Fsp3) is 0.294. The molecule has 2 aromatic rings. The summed E-state index contributed by atoms with van der Waals surface area (Å²) in [5.74, 6) is -0.00325. The number of benzene rings is 1. The lowest BCUT2D eigenvalue weighted by atomic mass is 10.3. The Morgan fingerprint density at radius 2 is 1.79 bits per heavy atom. The van der Waals surface area contributed by atoms with Gasteiger partial charge in [0.15, 0.2) is 9.84 Å². The molecule has 0 saturated heterocycles. The van der Waals surface area contributed by atoms with E-state index in [9.17, 15) is 13.2 Å². The third-order valence-corrected chi connectivity index (χ3v) is 5.17. The first-order chi connectivity index (χ1) is 11.5. The summed E-state index contributed by atoms with van der Waals surface area (Å²) in [6.45, 7) is 2.51. The van der Waals surface area contributed by atoms with E-state index in [-0.39, 0.29) is 11.8 Å². The van der Waals surface area contributed by atoms with Crippen molar-refractivity contribution < 1.29 is 13.2 Å². The summed E-state index contributed by atoms with van der Waals surface area (Å²) < 4.78 is 24.2. The van der Waals surface area contributed by atoms with Crippen molar-refractivity contribution >= 4 is 15.9 Å². The van der Waals surface area contributed by atoms with Crippen molar-refractivity contribution in [3.8, 4) is 0 Å². The van der Waals surface area contributed by atoms with Gasteiger partial charge in [-0.3, -0.25) is 4.98 Å². The first-order valence-corrected chi connectivity index (χ1v) is 9.35. The minimum atomic E-state index is -3.30. The number of carbonyl (C=O) groups is 1. The highest BCUT2D eigenvalue weighted by molar-refractivity contribution is 7.91. The molecule has 0 aliphatic rings. The Morgan fingerprint density at radius 1 is 1.04 bits per heavy atom. The van der Waals surface area contributed by atoms with Crippen molar-refractivity contribution in [3.63, 3.8) is 0 Å². The van der Waals surface area contributed by atoms with E-state index in [0.29, 0.717) is 24.4 Å². The molecule has 2 N–H and O–H groups in total. The highest BCUT2D eigenvalue weighted by Crippen LogP contribution is 2.10. The Balaban J connectivity index is 1.69. The average Bonchev–Trinajstić information content (AvgIpc) is 2.58. The van der Waals surface area contributed by atoms with E-state index >= 15 is 0 Å². The van der Waals surface area contributed by atoms with Gasteiger partial charge in [-0.2, -0.15) is 0 Å². The minimum absolute atomic E-state index is 0.00325. The van der Waals surface area contributed by atoms with Crippen LogP contribution in [0.25, 0.3) is 0 Å². The maximum absolute atomic E-state index is 12.1. The Morgan fingerprint density at radius 3 is 2.50 bits per heavy atom. The second kappa shape index (κ2) is 8.44. The van der Waals surface area contributed by atoms with Gasteiger partial charge in [0, 0.05) is 12.2 Å². The van der Waals surface area contributed by atoms with Crippen LogP contribution in [0.15, 0.2) is 53.4 Å². The molecule has 1 aromatic carbocycles. The quantitative estimate of drug-likeness (QED) is 0.750. The van der Waals surface area contributed by atoms with Crippen LogP contribution in [0.3, 0.4) is 0 Å². The molecule has 24 heavy (non-hydrogen) atoms. The molecule has 0 fully saturated rings. The van der Waals surface area contributed by atoms with E-state index in [0.717, 1.165) is 11.4 Å². The molecule has 0 aliphatic heterocycles. The summed E-state index contributed by atoms with van der Waals surface area (Å²) in [7, 11) is -3.30. The Bertz CT molecular complexity index is 777. The molecule has 0 atom stereocenters. The molecule has 0 aliphatic carbocycles. The summed E-state index contributed by atoms with van der Waals surface area (Å²) in [4.78, 5) is 16.3. The zero-order chi connectivity index (χ0) is 17.4. The van der Waals surface area contributed by atoms with E-state index in [2.05, 4.69) is 15.6 Å². The van der Waals surface area contributed by atoms with Crippen molar-refractivity contribution in [2.24, 2.45) is 0 Å². The van der Waals surface area contributed by atoms with Gasteiger partial charge in [-0.05, 0) is 37.6 Å². The fourth-order valence-electron chi connectivity index (χ4n) is 2.14. The fourth-order valence-corrected chi connectivity index (χ4v) is 3.47. The smallest absolute Gasteiger partial charge is 0.315 e. The number of pyridine rings is 1. The number of nitrogens with one attached hydrogen (secondary N) is 2. The summed E-state index contributed by atoms with van der Waals surface area (Å²) in [6, 6.07) is 13.6. The SMILES string of the molecule is Cc1cccc(CNC(=O)NCCCS(=O)(=O)c2ccccc2)n1. The van der Waals surface area contributed by atoms with Gasteiger partial charge in [-0.25, -0.2) is 13.2 Å². The summed E-state index contributed by atoms with van der Waals surface area (Å²) in [5.41, 5.74) is 1.66. The lowest BCUT2D eigenvalue weighted by Gasteiger charge is -2.08. The number of amides is 2. The van der Waals surface area contributed by atoms with Crippen molar-refractivity contribution in [2.75, 3.05) is 12.3 Å². The molecule has 6 nitrogen and oxygen atoms in total. The molecule has 0 bridgehead atoms. The number of urea groups is 1. The molecule has 0 spiro atoms.